The van der Waals surface area contributed by atoms with Crippen LogP contribution in [0.15, 0.2) is 6.07 Å². The zero-order chi connectivity index (χ0) is 19.4. The number of piperidine rings is 1. The Labute approximate surface area is 160 Å². The van der Waals surface area contributed by atoms with E-state index in [2.05, 4.69) is 9.88 Å². The molecule has 1 aromatic heterocycles. The molecule has 148 valence electrons. The van der Waals surface area contributed by atoms with Crippen molar-refractivity contribution in [3.63, 3.8) is 0 Å². The molecule has 0 radical (unpaired) electrons. The zero-order valence-electron chi connectivity index (χ0n) is 16.3. The molecule has 1 aliphatic heterocycles. The maximum Gasteiger partial charge on any atom is 0.357 e. The smallest absolute Gasteiger partial charge is 0.357 e. The minimum absolute atomic E-state index is 0.216. The Kier molecular flexibility index (Phi) is 6.31. The summed E-state index contributed by atoms with van der Waals surface area (Å²) in [6.45, 7) is 4.53. The summed E-state index contributed by atoms with van der Waals surface area (Å²) in [5.41, 5.74) is 8.55. The number of carbonyl (C=O) groups excluding carboxylic acids is 1. The highest BCUT2D eigenvalue weighted by Gasteiger charge is 2.30. The summed E-state index contributed by atoms with van der Waals surface area (Å²) in [4.78, 5) is 18.7. The zero-order valence-corrected chi connectivity index (χ0v) is 16.3. The summed E-state index contributed by atoms with van der Waals surface area (Å²) in [6, 6.07) is 1.76. The minimum Gasteiger partial charge on any atom is -0.461 e. The van der Waals surface area contributed by atoms with Crippen molar-refractivity contribution < 1.29 is 14.3 Å². The number of ether oxygens (including phenoxy) is 2. The van der Waals surface area contributed by atoms with Gasteiger partial charge in [-0.15, -0.1) is 0 Å². The summed E-state index contributed by atoms with van der Waals surface area (Å²) in [6.07, 6.45) is 5.22. The molecular formula is C20H30N4O3. The average molecular weight is 374 g/mol. The lowest BCUT2D eigenvalue weighted by molar-refractivity contribution is 0.0519. The molecule has 0 amide bonds. The second-order valence-electron chi connectivity index (χ2n) is 7.43. The molecule has 2 fully saturated rings. The minimum atomic E-state index is -0.471. The van der Waals surface area contributed by atoms with Crippen molar-refractivity contribution >= 4 is 23.2 Å². The van der Waals surface area contributed by atoms with E-state index < -0.39 is 5.97 Å². The lowest BCUT2D eigenvalue weighted by Crippen LogP contribution is -2.37. The van der Waals surface area contributed by atoms with Gasteiger partial charge in [-0.05, 0) is 44.6 Å². The van der Waals surface area contributed by atoms with Gasteiger partial charge in [0, 0.05) is 38.4 Å². The van der Waals surface area contributed by atoms with Crippen molar-refractivity contribution in [3.05, 3.63) is 17.3 Å². The average Bonchev–Trinajstić information content (AvgIpc) is 2.60. The van der Waals surface area contributed by atoms with E-state index in [0.717, 1.165) is 57.5 Å². The lowest BCUT2D eigenvalue weighted by Gasteiger charge is -2.36. The Morgan fingerprint density at radius 1 is 1.33 bits per heavy atom. The highest BCUT2D eigenvalue weighted by atomic mass is 16.5. The van der Waals surface area contributed by atoms with Gasteiger partial charge in [0.2, 0.25) is 0 Å². The first-order chi connectivity index (χ1) is 13.0. The van der Waals surface area contributed by atoms with Crippen LogP contribution in [0.3, 0.4) is 0 Å². The first kappa shape index (κ1) is 19.6. The second-order valence-corrected chi connectivity index (χ2v) is 7.43. The molecule has 7 nitrogen and oxygen atoms in total. The molecule has 0 aromatic carbocycles. The number of nitrogen functional groups attached to an aromatic ring is 1. The van der Waals surface area contributed by atoms with Crippen molar-refractivity contribution in [3.8, 4) is 0 Å². The molecule has 3 rings (SSSR count). The van der Waals surface area contributed by atoms with Crippen LogP contribution < -0.4 is 10.6 Å². The lowest BCUT2D eigenvalue weighted by atomic mass is 9.79. The fraction of sp³-hybridized carbons (Fsp3) is 0.650. The van der Waals surface area contributed by atoms with Gasteiger partial charge in [0.1, 0.15) is 5.82 Å². The largest absolute Gasteiger partial charge is 0.461 e. The molecule has 27 heavy (non-hydrogen) atoms. The Hall–Kier alpha value is -2.15. The fourth-order valence-corrected chi connectivity index (χ4v) is 3.86. The topological polar surface area (TPSA) is 102 Å². The van der Waals surface area contributed by atoms with Crippen molar-refractivity contribution in [2.45, 2.75) is 39.0 Å². The van der Waals surface area contributed by atoms with E-state index in [9.17, 15) is 4.79 Å². The first-order valence-corrected chi connectivity index (χ1v) is 9.85. The molecule has 0 atom stereocenters. The molecule has 2 heterocycles. The summed E-state index contributed by atoms with van der Waals surface area (Å²) >= 11 is 0. The Bertz CT molecular complexity index is 695. The SMILES string of the molecule is CCOC(=O)c1cc(N2CCC(COC)CC2)c(C(=N)C2CCC2)c(N)n1. The van der Waals surface area contributed by atoms with Crippen molar-refractivity contribution in [1.29, 1.82) is 5.41 Å². The van der Waals surface area contributed by atoms with Gasteiger partial charge in [-0.25, -0.2) is 9.78 Å². The van der Waals surface area contributed by atoms with E-state index in [0.29, 0.717) is 17.2 Å². The van der Waals surface area contributed by atoms with Crippen LogP contribution in [0.1, 0.15) is 55.1 Å². The van der Waals surface area contributed by atoms with E-state index in [1.165, 1.54) is 0 Å². The van der Waals surface area contributed by atoms with Gasteiger partial charge in [-0.3, -0.25) is 0 Å². The number of nitrogens with two attached hydrogens (primary N) is 1. The van der Waals surface area contributed by atoms with Crippen LogP contribution in [0.4, 0.5) is 11.5 Å². The second kappa shape index (κ2) is 8.69. The molecule has 7 heteroatoms. The molecule has 1 aliphatic carbocycles. The summed E-state index contributed by atoms with van der Waals surface area (Å²) in [7, 11) is 1.74. The van der Waals surface area contributed by atoms with Gasteiger partial charge >= 0.3 is 5.97 Å². The number of hydrogen-bond donors (Lipinski definition) is 2. The predicted octanol–water partition coefficient (Wildman–Crippen LogP) is 2.87. The predicted molar refractivity (Wildman–Crippen MR) is 106 cm³/mol. The third-order valence-electron chi connectivity index (χ3n) is 5.65. The van der Waals surface area contributed by atoms with Crippen molar-refractivity contribution in [1.82, 2.24) is 4.98 Å². The first-order valence-electron chi connectivity index (χ1n) is 9.85. The number of nitrogens with zero attached hydrogens (tertiary/aromatic N) is 2. The molecule has 0 spiro atoms. The molecule has 1 aromatic rings. The summed E-state index contributed by atoms with van der Waals surface area (Å²) < 4.78 is 10.4. The standard InChI is InChI=1S/C20H30N4O3/c1-3-27-20(25)15-11-16(24-9-7-13(8-10-24)12-26-2)17(19(22)23-15)18(21)14-5-4-6-14/h11,13-14,21H,3-10,12H2,1-2H3,(H2,22,23). The molecule has 2 aliphatic rings. The Morgan fingerprint density at radius 2 is 2.04 bits per heavy atom. The van der Waals surface area contributed by atoms with Gasteiger partial charge < -0.3 is 25.5 Å². The van der Waals surface area contributed by atoms with E-state index >= 15 is 0 Å². The molecular weight excluding hydrogens is 344 g/mol. The molecule has 1 saturated carbocycles. The third-order valence-corrected chi connectivity index (χ3v) is 5.65. The van der Waals surface area contributed by atoms with E-state index in [4.69, 9.17) is 20.6 Å². The number of pyridine rings is 1. The number of hydrogen-bond acceptors (Lipinski definition) is 7. The quantitative estimate of drug-likeness (QED) is 0.562. The van der Waals surface area contributed by atoms with E-state index in [1.54, 1.807) is 20.1 Å². The van der Waals surface area contributed by atoms with Gasteiger partial charge in [-0.1, -0.05) is 6.42 Å². The number of carbonyl (C=O) groups is 1. The Morgan fingerprint density at radius 3 is 2.59 bits per heavy atom. The number of rotatable bonds is 7. The maximum absolute atomic E-state index is 12.2. The molecule has 1 saturated heterocycles. The number of anilines is 2. The van der Waals surface area contributed by atoms with Crippen LogP contribution in [0.2, 0.25) is 0 Å². The number of methoxy groups -OCH3 is 1. The summed E-state index contributed by atoms with van der Waals surface area (Å²) in [5, 5.41) is 8.67. The summed E-state index contributed by atoms with van der Waals surface area (Å²) in [5.74, 6) is 0.574. The Balaban J connectivity index is 1.92. The van der Waals surface area contributed by atoms with Gasteiger partial charge in [-0.2, -0.15) is 0 Å². The number of nitrogens with one attached hydrogen (secondary N) is 1. The number of aromatic nitrogens is 1. The molecule has 0 bridgehead atoms. The highest BCUT2D eigenvalue weighted by Crippen LogP contribution is 2.36. The van der Waals surface area contributed by atoms with E-state index in [1.807, 2.05) is 0 Å². The van der Waals surface area contributed by atoms with E-state index in [-0.39, 0.29) is 24.0 Å². The van der Waals surface area contributed by atoms with Crippen molar-refractivity contribution in [2.75, 3.05) is 44.0 Å². The molecule has 3 N–H and O–H groups in total. The van der Waals surface area contributed by atoms with Gasteiger partial charge in [0.05, 0.1) is 17.9 Å². The molecule has 0 unspecified atom stereocenters. The van der Waals surface area contributed by atoms with Crippen LogP contribution >= 0.6 is 0 Å². The van der Waals surface area contributed by atoms with Gasteiger partial charge in [0.25, 0.3) is 0 Å². The van der Waals surface area contributed by atoms with Crippen LogP contribution in [0.25, 0.3) is 0 Å². The monoisotopic (exact) mass is 374 g/mol. The van der Waals surface area contributed by atoms with Crippen LogP contribution in [0, 0.1) is 17.2 Å². The van der Waals surface area contributed by atoms with Crippen LogP contribution in [0.5, 0.6) is 0 Å². The maximum atomic E-state index is 12.2. The normalized spacial score (nSPS) is 18.2. The fourth-order valence-electron chi connectivity index (χ4n) is 3.86. The van der Waals surface area contributed by atoms with Crippen LogP contribution in [-0.4, -0.2) is 50.1 Å². The van der Waals surface area contributed by atoms with Crippen molar-refractivity contribution in [2.24, 2.45) is 11.8 Å². The highest BCUT2D eigenvalue weighted by molar-refractivity contribution is 6.09. The number of esters is 1. The van der Waals surface area contributed by atoms with Crippen LogP contribution in [-0.2, 0) is 9.47 Å². The third kappa shape index (κ3) is 4.24. The van der Waals surface area contributed by atoms with Gasteiger partial charge in [0.15, 0.2) is 5.69 Å².